The number of nitrogens with one attached hydrogen (secondary N) is 2. The van der Waals surface area contributed by atoms with E-state index in [0.717, 1.165) is 17.3 Å². The summed E-state index contributed by atoms with van der Waals surface area (Å²) in [5.74, 6) is 0.0678. The van der Waals surface area contributed by atoms with Crippen LogP contribution in [0.4, 0.5) is 0 Å². The molecule has 0 saturated carbocycles. The first-order valence-electron chi connectivity index (χ1n) is 5.78. The van der Waals surface area contributed by atoms with Crippen LogP contribution in [0.3, 0.4) is 0 Å². The monoisotopic (exact) mass is 281 g/mol. The van der Waals surface area contributed by atoms with Gasteiger partial charge < -0.3 is 10.3 Å². The summed E-state index contributed by atoms with van der Waals surface area (Å²) in [4.78, 5) is 19.0. The first-order valence-corrected chi connectivity index (χ1v) is 7.73. The molecular formula is C12H15N3O3S. The molecule has 7 heteroatoms. The lowest BCUT2D eigenvalue weighted by Crippen LogP contribution is -2.37. The third-order valence-electron chi connectivity index (χ3n) is 2.88. The zero-order chi connectivity index (χ0) is 14.0. The highest BCUT2D eigenvalue weighted by molar-refractivity contribution is 7.92. The number of amides is 1. The third-order valence-corrected chi connectivity index (χ3v) is 4.38. The molecule has 0 aliphatic rings. The van der Waals surface area contributed by atoms with Crippen molar-refractivity contribution in [3.63, 3.8) is 0 Å². The van der Waals surface area contributed by atoms with Crippen molar-refractivity contribution in [2.75, 3.05) is 6.26 Å². The van der Waals surface area contributed by atoms with Gasteiger partial charge in [-0.1, -0.05) is 12.1 Å². The van der Waals surface area contributed by atoms with Crippen molar-refractivity contribution < 1.29 is 13.2 Å². The Kier molecular flexibility index (Phi) is 3.57. The summed E-state index contributed by atoms with van der Waals surface area (Å²) in [6.07, 6.45) is 1.04. The average molecular weight is 281 g/mol. The van der Waals surface area contributed by atoms with E-state index in [2.05, 4.69) is 15.3 Å². The maximum Gasteiger partial charge on any atom is 0.238 e. The van der Waals surface area contributed by atoms with Crippen LogP contribution in [-0.2, 0) is 21.2 Å². The Hall–Kier alpha value is -1.89. The summed E-state index contributed by atoms with van der Waals surface area (Å²) < 4.78 is 22.5. The number of hydrogen-bond donors (Lipinski definition) is 2. The van der Waals surface area contributed by atoms with Gasteiger partial charge in [0, 0.05) is 6.26 Å². The summed E-state index contributed by atoms with van der Waals surface area (Å²) in [6, 6.07) is 7.49. The summed E-state index contributed by atoms with van der Waals surface area (Å²) in [5.41, 5.74) is 1.69. The fourth-order valence-electron chi connectivity index (χ4n) is 1.60. The molecule has 1 aromatic carbocycles. The topological polar surface area (TPSA) is 91.9 Å². The van der Waals surface area contributed by atoms with Crippen molar-refractivity contribution in [1.82, 2.24) is 15.3 Å². The first kappa shape index (κ1) is 13.5. The van der Waals surface area contributed by atoms with Gasteiger partial charge in [-0.3, -0.25) is 4.79 Å². The molecule has 0 radical (unpaired) electrons. The minimum absolute atomic E-state index is 0.174. The maximum absolute atomic E-state index is 11.6. The van der Waals surface area contributed by atoms with Gasteiger partial charge in [-0.15, -0.1) is 0 Å². The highest BCUT2D eigenvalue weighted by Crippen LogP contribution is 2.10. The second kappa shape index (κ2) is 5.00. The van der Waals surface area contributed by atoms with E-state index in [1.807, 2.05) is 24.3 Å². The molecule has 1 unspecified atom stereocenters. The molecule has 0 spiro atoms. The number of carbonyl (C=O) groups excluding carboxylic acids is 1. The van der Waals surface area contributed by atoms with Crippen molar-refractivity contribution in [2.45, 2.75) is 18.7 Å². The standard InChI is InChI=1S/C12H15N3O3S/c1-8(19(2,17)18)12(16)13-7-11-14-9-5-3-4-6-10(9)15-11/h3-6,8H,7H2,1-2H3,(H,13,16)(H,14,15). The molecule has 102 valence electrons. The fourth-order valence-corrected chi connectivity index (χ4v) is 2.07. The molecule has 6 nitrogen and oxygen atoms in total. The van der Waals surface area contributed by atoms with Gasteiger partial charge in [0.05, 0.1) is 17.6 Å². The SMILES string of the molecule is CC(C(=O)NCc1nc2ccccc2[nH]1)S(C)(=O)=O. The van der Waals surface area contributed by atoms with Gasteiger partial charge in [0.1, 0.15) is 11.1 Å². The minimum Gasteiger partial charge on any atom is -0.348 e. The second-order valence-corrected chi connectivity index (χ2v) is 6.76. The number of imidazole rings is 1. The molecule has 1 amide bonds. The van der Waals surface area contributed by atoms with Gasteiger partial charge in [0.2, 0.25) is 5.91 Å². The van der Waals surface area contributed by atoms with Crippen LogP contribution < -0.4 is 5.32 Å². The van der Waals surface area contributed by atoms with Crippen molar-refractivity contribution in [3.8, 4) is 0 Å². The van der Waals surface area contributed by atoms with Crippen molar-refractivity contribution in [2.24, 2.45) is 0 Å². The van der Waals surface area contributed by atoms with Crippen LogP contribution in [0.5, 0.6) is 0 Å². The number of aromatic nitrogens is 2. The maximum atomic E-state index is 11.6. The quantitative estimate of drug-likeness (QED) is 0.859. The summed E-state index contributed by atoms with van der Waals surface area (Å²) in [5, 5.41) is 1.50. The largest absolute Gasteiger partial charge is 0.348 e. The fraction of sp³-hybridized carbons (Fsp3) is 0.333. The van der Waals surface area contributed by atoms with Crippen LogP contribution in [0.25, 0.3) is 11.0 Å². The number of sulfone groups is 1. The van der Waals surface area contributed by atoms with E-state index in [0.29, 0.717) is 5.82 Å². The number of H-pyrrole nitrogens is 1. The predicted molar refractivity (Wildman–Crippen MR) is 72.2 cm³/mol. The number of carbonyl (C=O) groups is 1. The number of benzene rings is 1. The number of fused-ring (bicyclic) bond motifs is 1. The van der Waals surface area contributed by atoms with E-state index in [-0.39, 0.29) is 6.54 Å². The molecule has 0 fully saturated rings. The average Bonchev–Trinajstić information content (AvgIpc) is 2.76. The smallest absolute Gasteiger partial charge is 0.238 e. The normalized spacial score (nSPS) is 13.4. The summed E-state index contributed by atoms with van der Waals surface area (Å²) in [6.45, 7) is 1.54. The molecule has 0 aliphatic heterocycles. The van der Waals surface area contributed by atoms with Crippen LogP contribution in [0.1, 0.15) is 12.7 Å². The van der Waals surface area contributed by atoms with E-state index >= 15 is 0 Å². The van der Waals surface area contributed by atoms with Gasteiger partial charge in [-0.25, -0.2) is 13.4 Å². The summed E-state index contributed by atoms with van der Waals surface area (Å²) in [7, 11) is -3.37. The highest BCUT2D eigenvalue weighted by atomic mass is 32.2. The van der Waals surface area contributed by atoms with Crippen molar-refractivity contribution in [1.29, 1.82) is 0 Å². The van der Waals surface area contributed by atoms with E-state index < -0.39 is 21.0 Å². The molecule has 2 N–H and O–H groups in total. The van der Waals surface area contributed by atoms with Gasteiger partial charge in [0.15, 0.2) is 9.84 Å². The zero-order valence-electron chi connectivity index (χ0n) is 10.7. The Morgan fingerprint density at radius 3 is 2.74 bits per heavy atom. The minimum atomic E-state index is -3.37. The Bertz CT molecular complexity index is 673. The molecule has 19 heavy (non-hydrogen) atoms. The van der Waals surface area contributed by atoms with Gasteiger partial charge in [0.25, 0.3) is 0 Å². The molecule has 2 rings (SSSR count). The lowest BCUT2D eigenvalue weighted by atomic mass is 10.3. The Morgan fingerprint density at radius 1 is 1.42 bits per heavy atom. The molecule has 1 heterocycles. The Morgan fingerprint density at radius 2 is 2.11 bits per heavy atom. The lowest BCUT2D eigenvalue weighted by molar-refractivity contribution is -0.120. The van der Waals surface area contributed by atoms with Crippen LogP contribution in [0.15, 0.2) is 24.3 Å². The molecule has 0 bridgehead atoms. The molecular weight excluding hydrogens is 266 g/mol. The van der Waals surface area contributed by atoms with Gasteiger partial charge in [-0.05, 0) is 19.1 Å². The zero-order valence-corrected chi connectivity index (χ0v) is 11.5. The van der Waals surface area contributed by atoms with Crippen LogP contribution >= 0.6 is 0 Å². The molecule has 1 aromatic heterocycles. The van der Waals surface area contributed by atoms with Crippen molar-refractivity contribution in [3.05, 3.63) is 30.1 Å². The number of para-hydroxylation sites is 2. The molecule has 2 aromatic rings. The number of aromatic amines is 1. The van der Waals surface area contributed by atoms with Gasteiger partial charge in [-0.2, -0.15) is 0 Å². The van der Waals surface area contributed by atoms with E-state index in [1.54, 1.807) is 0 Å². The van der Waals surface area contributed by atoms with E-state index in [4.69, 9.17) is 0 Å². The number of hydrogen-bond acceptors (Lipinski definition) is 4. The van der Waals surface area contributed by atoms with E-state index in [1.165, 1.54) is 6.92 Å². The van der Waals surface area contributed by atoms with Crippen LogP contribution in [-0.4, -0.2) is 35.8 Å². The Balaban J connectivity index is 2.05. The van der Waals surface area contributed by atoms with Crippen molar-refractivity contribution >= 4 is 26.8 Å². The highest BCUT2D eigenvalue weighted by Gasteiger charge is 2.23. The molecule has 1 atom stereocenters. The number of nitrogens with zero attached hydrogens (tertiary/aromatic N) is 1. The van der Waals surface area contributed by atoms with E-state index in [9.17, 15) is 13.2 Å². The molecule has 0 saturated heterocycles. The third kappa shape index (κ3) is 3.11. The predicted octanol–water partition coefficient (Wildman–Crippen LogP) is 0.612. The lowest BCUT2D eigenvalue weighted by Gasteiger charge is -2.08. The molecule has 0 aliphatic carbocycles. The van der Waals surface area contributed by atoms with Crippen LogP contribution in [0.2, 0.25) is 0 Å². The number of rotatable bonds is 4. The van der Waals surface area contributed by atoms with Crippen LogP contribution in [0, 0.1) is 0 Å². The first-order chi connectivity index (χ1) is 8.88. The second-order valence-electron chi connectivity index (χ2n) is 4.39. The Labute approximate surface area is 111 Å². The van der Waals surface area contributed by atoms with Gasteiger partial charge >= 0.3 is 0 Å². The summed E-state index contributed by atoms with van der Waals surface area (Å²) >= 11 is 0.